The van der Waals surface area contributed by atoms with E-state index >= 15 is 0 Å². The summed E-state index contributed by atoms with van der Waals surface area (Å²) in [6, 6.07) is 1.81. The van der Waals surface area contributed by atoms with Crippen molar-refractivity contribution in [2.24, 2.45) is 0 Å². The van der Waals surface area contributed by atoms with E-state index in [-0.39, 0.29) is 11.5 Å². The number of carbonyl (C=O) groups is 2. The van der Waals surface area contributed by atoms with Gasteiger partial charge in [0.2, 0.25) is 0 Å². The lowest BCUT2D eigenvalue weighted by Crippen LogP contribution is -2.14. The first-order valence-corrected chi connectivity index (χ1v) is 5.19. The number of esters is 1. The molecular weight excluding hydrogens is 220 g/mol. The second kappa shape index (κ2) is 4.83. The van der Waals surface area contributed by atoms with Gasteiger partial charge < -0.3 is 9.72 Å². The zero-order chi connectivity index (χ0) is 13.2. The van der Waals surface area contributed by atoms with Crippen LogP contribution >= 0.6 is 0 Å². The Kier molecular flexibility index (Phi) is 3.69. The van der Waals surface area contributed by atoms with Crippen LogP contribution in [0.25, 0.3) is 0 Å². The van der Waals surface area contributed by atoms with Crippen molar-refractivity contribution in [1.29, 1.82) is 5.26 Å². The molecular formula is C12H14N2O3. The normalized spacial score (nSPS) is 11.7. The molecule has 0 aliphatic rings. The summed E-state index contributed by atoms with van der Waals surface area (Å²) in [7, 11) is 0. The molecule has 0 amide bonds. The van der Waals surface area contributed by atoms with Gasteiger partial charge in [-0.3, -0.25) is 4.79 Å². The lowest BCUT2D eigenvalue weighted by molar-refractivity contribution is 0.0428. The van der Waals surface area contributed by atoms with E-state index in [0.717, 1.165) is 0 Å². The van der Waals surface area contributed by atoms with Crippen molar-refractivity contribution in [1.82, 2.24) is 4.98 Å². The molecule has 0 aromatic carbocycles. The van der Waals surface area contributed by atoms with Crippen molar-refractivity contribution < 1.29 is 14.3 Å². The van der Waals surface area contributed by atoms with Gasteiger partial charge in [-0.15, -0.1) is 0 Å². The van der Waals surface area contributed by atoms with E-state index in [4.69, 9.17) is 10.00 Å². The van der Waals surface area contributed by atoms with Crippen LogP contribution < -0.4 is 0 Å². The maximum Gasteiger partial charge on any atom is 0.356 e. The van der Waals surface area contributed by atoms with Gasteiger partial charge in [-0.2, -0.15) is 5.26 Å². The summed E-state index contributed by atoms with van der Waals surface area (Å²) >= 11 is 0. The largest absolute Gasteiger partial charge is 0.443 e. The minimum atomic E-state index is -0.814. The molecule has 1 aromatic rings. The number of nitrogens with one attached hydrogen (secondary N) is 1. The molecule has 0 spiro atoms. The van der Waals surface area contributed by atoms with Crippen molar-refractivity contribution in [2.45, 2.75) is 33.8 Å². The van der Waals surface area contributed by atoms with Crippen LogP contribution in [0.4, 0.5) is 0 Å². The summed E-state index contributed by atoms with van der Waals surface area (Å²) < 4.78 is 4.87. The van der Waals surface area contributed by atoms with Crippen LogP contribution in [0.5, 0.6) is 0 Å². The summed E-state index contributed by atoms with van der Waals surface area (Å²) in [4.78, 5) is 25.9. The van der Waals surface area contributed by atoms with Gasteiger partial charge in [0.25, 0.3) is 0 Å². The Bertz CT molecular complexity index is 509. The van der Waals surface area contributed by atoms with Crippen molar-refractivity contribution in [3.8, 4) is 6.07 Å². The average Bonchev–Trinajstić information content (AvgIpc) is 2.53. The molecule has 0 saturated heterocycles. The van der Waals surface area contributed by atoms with Crippen LogP contribution in [0.2, 0.25) is 0 Å². The lowest BCUT2D eigenvalue weighted by Gasteiger charge is -2.05. The van der Waals surface area contributed by atoms with E-state index in [2.05, 4.69) is 4.98 Å². The van der Waals surface area contributed by atoms with Gasteiger partial charge in [0.15, 0.2) is 11.9 Å². The number of aromatic nitrogens is 1. The molecule has 0 fully saturated rings. The molecule has 0 bridgehead atoms. The third kappa shape index (κ3) is 2.53. The van der Waals surface area contributed by atoms with Gasteiger partial charge in [-0.25, -0.2) is 4.79 Å². The number of nitrogens with zero attached hydrogens (tertiary/aromatic N) is 1. The zero-order valence-corrected chi connectivity index (χ0v) is 10.2. The Hall–Kier alpha value is -2.09. The van der Waals surface area contributed by atoms with Gasteiger partial charge in [0, 0.05) is 11.3 Å². The van der Waals surface area contributed by atoms with Crippen LogP contribution in [0.3, 0.4) is 0 Å². The first kappa shape index (κ1) is 13.0. The molecule has 0 saturated carbocycles. The lowest BCUT2D eigenvalue weighted by atomic mass is 10.1. The number of Topliss-reactive ketones (excluding diaryl/α,β-unsaturated/α-hetero) is 1. The fourth-order valence-electron chi connectivity index (χ4n) is 1.73. The molecule has 0 aliphatic carbocycles. The third-order valence-corrected chi connectivity index (χ3v) is 2.46. The summed E-state index contributed by atoms with van der Waals surface area (Å²) in [5.74, 6) is -0.726. The molecule has 90 valence electrons. The summed E-state index contributed by atoms with van der Waals surface area (Å²) in [5.41, 5.74) is 1.92. The minimum Gasteiger partial charge on any atom is -0.443 e. The van der Waals surface area contributed by atoms with Crippen LogP contribution in [0.15, 0.2) is 0 Å². The molecule has 17 heavy (non-hydrogen) atoms. The molecule has 5 heteroatoms. The Labute approximate surface area is 99.4 Å². The third-order valence-electron chi connectivity index (χ3n) is 2.46. The molecule has 1 atom stereocenters. The number of H-pyrrole nitrogens is 1. The second-order valence-electron chi connectivity index (χ2n) is 3.86. The zero-order valence-electron chi connectivity index (χ0n) is 10.2. The van der Waals surface area contributed by atoms with E-state index in [0.29, 0.717) is 16.8 Å². The van der Waals surface area contributed by atoms with E-state index in [9.17, 15) is 9.59 Å². The predicted molar refractivity (Wildman–Crippen MR) is 60.8 cm³/mol. The number of ether oxygens (including phenoxy) is 1. The highest BCUT2D eigenvalue weighted by Crippen LogP contribution is 2.19. The Morgan fingerprint density at radius 2 is 2.00 bits per heavy atom. The predicted octanol–water partition coefficient (Wildman–Crippen LogP) is 1.90. The monoisotopic (exact) mass is 234 g/mol. The molecule has 1 N–H and O–H groups in total. The Balaban J connectivity index is 3.09. The van der Waals surface area contributed by atoms with Gasteiger partial charge in [-0.1, -0.05) is 0 Å². The maximum absolute atomic E-state index is 11.7. The number of nitriles is 1. The number of hydrogen-bond acceptors (Lipinski definition) is 4. The first-order valence-electron chi connectivity index (χ1n) is 5.19. The van der Waals surface area contributed by atoms with Gasteiger partial charge in [-0.05, 0) is 33.3 Å². The van der Waals surface area contributed by atoms with E-state index < -0.39 is 12.1 Å². The standard InChI is InChI=1S/C12H14N2O3/c1-6(5-13)17-12(16)11-7(2)10(9(4)15)8(3)14-11/h6,14H,1-4H3/t6-/m0/s1. The Morgan fingerprint density at radius 3 is 2.41 bits per heavy atom. The van der Waals surface area contributed by atoms with Crippen molar-refractivity contribution >= 4 is 11.8 Å². The summed E-state index contributed by atoms with van der Waals surface area (Å²) in [6.07, 6.45) is -0.814. The number of rotatable bonds is 3. The van der Waals surface area contributed by atoms with E-state index in [1.54, 1.807) is 19.9 Å². The molecule has 1 aromatic heterocycles. The molecule has 0 unspecified atom stereocenters. The topological polar surface area (TPSA) is 82.9 Å². The maximum atomic E-state index is 11.7. The number of ketones is 1. The first-order chi connectivity index (χ1) is 7.88. The fourth-order valence-corrected chi connectivity index (χ4v) is 1.73. The SMILES string of the molecule is CC(=O)c1c(C)[nH]c(C(=O)O[C@@H](C)C#N)c1C. The average molecular weight is 234 g/mol. The van der Waals surface area contributed by atoms with Crippen LogP contribution in [0, 0.1) is 25.2 Å². The Morgan fingerprint density at radius 1 is 1.41 bits per heavy atom. The highest BCUT2D eigenvalue weighted by atomic mass is 16.5. The highest BCUT2D eigenvalue weighted by molar-refractivity contribution is 6.01. The number of hydrogen-bond donors (Lipinski definition) is 1. The van der Waals surface area contributed by atoms with E-state index in [1.165, 1.54) is 13.8 Å². The van der Waals surface area contributed by atoms with Crippen LogP contribution in [0.1, 0.15) is 46.0 Å². The molecule has 5 nitrogen and oxygen atoms in total. The number of carbonyl (C=O) groups excluding carboxylic acids is 2. The molecule has 1 heterocycles. The van der Waals surface area contributed by atoms with E-state index in [1.807, 2.05) is 0 Å². The fraction of sp³-hybridized carbons (Fsp3) is 0.417. The minimum absolute atomic E-state index is 0.108. The summed E-state index contributed by atoms with van der Waals surface area (Å²) in [5, 5.41) is 8.56. The van der Waals surface area contributed by atoms with Crippen molar-refractivity contribution in [2.75, 3.05) is 0 Å². The van der Waals surface area contributed by atoms with Gasteiger partial charge in [0.05, 0.1) is 0 Å². The van der Waals surface area contributed by atoms with Crippen LogP contribution in [-0.4, -0.2) is 22.8 Å². The van der Waals surface area contributed by atoms with Crippen LogP contribution in [-0.2, 0) is 4.74 Å². The second-order valence-corrected chi connectivity index (χ2v) is 3.86. The highest BCUT2D eigenvalue weighted by Gasteiger charge is 2.21. The number of aromatic amines is 1. The van der Waals surface area contributed by atoms with Crippen molar-refractivity contribution in [3.63, 3.8) is 0 Å². The molecule has 0 aliphatic heterocycles. The smallest absolute Gasteiger partial charge is 0.356 e. The quantitative estimate of drug-likeness (QED) is 0.639. The summed E-state index contributed by atoms with van der Waals surface area (Å²) in [6.45, 7) is 6.31. The van der Waals surface area contributed by atoms with Gasteiger partial charge in [0.1, 0.15) is 11.8 Å². The van der Waals surface area contributed by atoms with Crippen molar-refractivity contribution in [3.05, 3.63) is 22.5 Å². The van der Waals surface area contributed by atoms with Gasteiger partial charge >= 0.3 is 5.97 Å². The number of aryl methyl sites for hydroxylation is 1. The molecule has 0 radical (unpaired) electrons. The molecule has 1 rings (SSSR count).